The van der Waals surface area contributed by atoms with Crippen LogP contribution in [-0.4, -0.2) is 23.2 Å². The number of phenolic OH excluding ortho intramolecular Hbond substituents is 1. The molecule has 0 bridgehead atoms. The zero-order valence-electron chi connectivity index (χ0n) is 12.8. The Morgan fingerprint density at radius 1 is 1.04 bits per heavy atom. The van der Waals surface area contributed by atoms with E-state index in [1.165, 1.54) is 6.21 Å². The van der Waals surface area contributed by atoms with Crippen molar-refractivity contribution >= 4 is 17.0 Å². The number of aromatic hydroxyl groups is 1. The molecule has 4 nitrogen and oxygen atoms in total. The number of ether oxygens (including phenoxy) is 1. The lowest BCUT2D eigenvalue weighted by atomic mass is 10.0. The first-order chi connectivity index (χ1) is 11.2. The lowest BCUT2D eigenvalue weighted by molar-refractivity contribution is -0.469. The largest absolute Gasteiger partial charge is 0.624 e. The number of fused-ring (bicyclic) bond motifs is 1. The van der Waals surface area contributed by atoms with Crippen LogP contribution in [0, 0.1) is 5.21 Å². The van der Waals surface area contributed by atoms with Crippen molar-refractivity contribution in [3.63, 3.8) is 0 Å². The summed E-state index contributed by atoms with van der Waals surface area (Å²) in [5, 5.41) is 23.8. The zero-order valence-corrected chi connectivity index (χ0v) is 12.8. The minimum atomic E-state index is 0.126. The molecule has 0 radical (unpaired) electrons. The molecule has 3 aromatic carbocycles. The molecule has 4 heteroatoms. The fraction of sp³-hybridized carbons (Fsp3) is 0.105. The molecule has 0 aliphatic carbocycles. The summed E-state index contributed by atoms with van der Waals surface area (Å²) in [6, 6.07) is 18.3. The Hall–Kier alpha value is -3.01. The summed E-state index contributed by atoms with van der Waals surface area (Å²) < 4.78 is 6.19. The molecule has 0 aliphatic heterocycles. The maximum atomic E-state index is 12.2. The lowest BCUT2D eigenvalue weighted by Gasteiger charge is -2.10. The number of hydroxylamine groups is 1. The quantitative estimate of drug-likeness (QED) is 0.346. The number of benzene rings is 3. The molecule has 0 aromatic heterocycles. The molecule has 23 heavy (non-hydrogen) atoms. The standard InChI is InChI=1S/C19H17NO3/c1-23-18-11-10-15(19-16(18)8-5-9-17(19)21)13-20(22)12-14-6-3-2-4-7-14/h2-11,13,21H,12H2,1H3/b20-13-. The summed E-state index contributed by atoms with van der Waals surface area (Å²) in [4.78, 5) is 0. The highest BCUT2D eigenvalue weighted by atomic mass is 16.5. The molecule has 0 heterocycles. The Bertz CT molecular complexity index is 857. The number of nitrogens with zero attached hydrogens (tertiary/aromatic N) is 1. The van der Waals surface area contributed by atoms with Gasteiger partial charge in [-0.3, -0.25) is 0 Å². The van der Waals surface area contributed by atoms with E-state index in [1.807, 2.05) is 36.4 Å². The number of rotatable bonds is 4. The number of hydrogen-bond donors (Lipinski definition) is 1. The summed E-state index contributed by atoms with van der Waals surface area (Å²) in [6.07, 6.45) is 1.49. The van der Waals surface area contributed by atoms with E-state index in [0.717, 1.165) is 15.7 Å². The Morgan fingerprint density at radius 3 is 2.57 bits per heavy atom. The summed E-state index contributed by atoms with van der Waals surface area (Å²) in [5.74, 6) is 0.786. The van der Waals surface area contributed by atoms with Crippen molar-refractivity contribution in [3.05, 3.63) is 77.0 Å². The molecular weight excluding hydrogens is 290 g/mol. The molecule has 0 fully saturated rings. The summed E-state index contributed by atoms with van der Waals surface area (Å²) >= 11 is 0. The lowest BCUT2D eigenvalue weighted by Crippen LogP contribution is -2.06. The molecule has 3 aromatic rings. The average molecular weight is 307 g/mol. The van der Waals surface area contributed by atoms with Gasteiger partial charge in [0.15, 0.2) is 12.8 Å². The monoisotopic (exact) mass is 307 g/mol. The number of phenols is 1. The molecule has 0 spiro atoms. The van der Waals surface area contributed by atoms with Crippen LogP contribution in [0.25, 0.3) is 10.8 Å². The fourth-order valence-electron chi connectivity index (χ4n) is 2.64. The van der Waals surface area contributed by atoms with Crippen LogP contribution in [0.1, 0.15) is 11.1 Å². The molecule has 0 saturated heterocycles. The van der Waals surface area contributed by atoms with Gasteiger partial charge in [0.05, 0.1) is 12.7 Å². The SMILES string of the molecule is COc1ccc(/C=[N+](\[O-])Cc2ccccc2)c2c(O)cccc12. The normalized spacial score (nSPS) is 11.6. The van der Waals surface area contributed by atoms with Crippen molar-refractivity contribution in [1.82, 2.24) is 0 Å². The van der Waals surface area contributed by atoms with E-state index in [0.29, 0.717) is 16.7 Å². The first-order valence-electron chi connectivity index (χ1n) is 7.30. The molecule has 0 amide bonds. The van der Waals surface area contributed by atoms with E-state index in [2.05, 4.69) is 0 Å². The van der Waals surface area contributed by atoms with Gasteiger partial charge < -0.3 is 15.1 Å². The van der Waals surface area contributed by atoms with Crippen molar-refractivity contribution in [1.29, 1.82) is 0 Å². The van der Waals surface area contributed by atoms with Gasteiger partial charge in [-0.2, -0.15) is 0 Å². The predicted molar refractivity (Wildman–Crippen MR) is 91.1 cm³/mol. The molecule has 0 saturated carbocycles. The van der Waals surface area contributed by atoms with Crippen molar-refractivity contribution in [2.45, 2.75) is 6.54 Å². The van der Waals surface area contributed by atoms with Crippen molar-refractivity contribution in [2.75, 3.05) is 7.11 Å². The van der Waals surface area contributed by atoms with Gasteiger partial charge in [0.1, 0.15) is 11.5 Å². The van der Waals surface area contributed by atoms with Crippen LogP contribution in [0.2, 0.25) is 0 Å². The number of hydrogen-bond acceptors (Lipinski definition) is 3. The smallest absolute Gasteiger partial charge is 0.182 e. The van der Waals surface area contributed by atoms with E-state index in [-0.39, 0.29) is 12.3 Å². The van der Waals surface area contributed by atoms with Crippen LogP contribution in [0.15, 0.2) is 60.7 Å². The van der Waals surface area contributed by atoms with Crippen LogP contribution < -0.4 is 4.74 Å². The van der Waals surface area contributed by atoms with Crippen LogP contribution in [0.3, 0.4) is 0 Å². The Kier molecular flexibility index (Phi) is 4.15. The van der Waals surface area contributed by atoms with Crippen molar-refractivity contribution in [2.24, 2.45) is 0 Å². The Labute approximate surface area is 134 Å². The Balaban J connectivity index is 2.04. The van der Waals surface area contributed by atoms with E-state index < -0.39 is 0 Å². The molecule has 3 rings (SSSR count). The van der Waals surface area contributed by atoms with Gasteiger partial charge in [-0.05, 0) is 18.2 Å². The van der Waals surface area contributed by atoms with Crippen LogP contribution in [0.4, 0.5) is 0 Å². The molecular formula is C19H17NO3. The van der Waals surface area contributed by atoms with Gasteiger partial charge in [-0.25, -0.2) is 4.74 Å². The molecule has 1 N–H and O–H groups in total. The second-order valence-electron chi connectivity index (χ2n) is 5.25. The van der Waals surface area contributed by atoms with Crippen LogP contribution in [0.5, 0.6) is 11.5 Å². The molecule has 0 aliphatic rings. The maximum Gasteiger partial charge on any atom is 0.182 e. The van der Waals surface area contributed by atoms with Crippen LogP contribution >= 0.6 is 0 Å². The van der Waals surface area contributed by atoms with Crippen molar-refractivity contribution < 1.29 is 14.6 Å². The van der Waals surface area contributed by atoms with Gasteiger partial charge >= 0.3 is 0 Å². The number of methoxy groups -OCH3 is 1. The highest BCUT2D eigenvalue weighted by molar-refractivity contribution is 6.04. The van der Waals surface area contributed by atoms with E-state index in [9.17, 15) is 10.3 Å². The second-order valence-corrected chi connectivity index (χ2v) is 5.25. The van der Waals surface area contributed by atoms with Gasteiger partial charge in [-0.1, -0.05) is 42.5 Å². The van der Waals surface area contributed by atoms with E-state index in [1.54, 1.807) is 31.4 Å². The second kappa shape index (κ2) is 6.40. The Morgan fingerprint density at radius 2 is 1.83 bits per heavy atom. The predicted octanol–water partition coefficient (Wildman–Crippen LogP) is 3.68. The summed E-state index contributed by atoms with van der Waals surface area (Å²) in [5.41, 5.74) is 1.59. The third-order valence-corrected chi connectivity index (χ3v) is 3.70. The minimum absolute atomic E-state index is 0.126. The minimum Gasteiger partial charge on any atom is -0.624 e. The zero-order chi connectivity index (χ0) is 16.2. The first kappa shape index (κ1) is 14.9. The van der Waals surface area contributed by atoms with Gasteiger partial charge in [-0.15, -0.1) is 0 Å². The first-order valence-corrected chi connectivity index (χ1v) is 7.30. The third kappa shape index (κ3) is 3.11. The highest BCUT2D eigenvalue weighted by Gasteiger charge is 2.11. The van der Waals surface area contributed by atoms with E-state index in [4.69, 9.17) is 4.74 Å². The summed E-state index contributed by atoms with van der Waals surface area (Å²) in [7, 11) is 1.58. The van der Waals surface area contributed by atoms with Gasteiger partial charge in [0.2, 0.25) is 0 Å². The average Bonchev–Trinajstić information content (AvgIpc) is 2.56. The molecule has 0 unspecified atom stereocenters. The van der Waals surface area contributed by atoms with Crippen molar-refractivity contribution in [3.8, 4) is 11.5 Å². The molecule has 0 atom stereocenters. The van der Waals surface area contributed by atoms with E-state index >= 15 is 0 Å². The maximum absolute atomic E-state index is 12.2. The summed E-state index contributed by atoms with van der Waals surface area (Å²) in [6.45, 7) is 0.252. The topological polar surface area (TPSA) is 55.5 Å². The molecule has 116 valence electrons. The fourth-order valence-corrected chi connectivity index (χ4v) is 2.64. The van der Waals surface area contributed by atoms with Gasteiger partial charge in [0.25, 0.3) is 0 Å². The third-order valence-electron chi connectivity index (χ3n) is 3.70. The van der Waals surface area contributed by atoms with Crippen LogP contribution in [-0.2, 0) is 6.54 Å². The van der Waals surface area contributed by atoms with Gasteiger partial charge in [0, 0.05) is 16.3 Å². The highest BCUT2D eigenvalue weighted by Crippen LogP contribution is 2.33.